The van der Waals surface area contributed by atoms with Crippen molar-refractivity contribution >= 4 is 21.6 Å². The minimum Gasteiger partial charge on any atom is -0.487 e. The van der Waals surface area contributed by atoms with E-state index in [0.29, 0.717) is 19.4 Å². The number of anilines is 1. The maximum atomic E-state index is 13.1. The summed E-state index contributed by atoms with van der Waals surface area (Å²) in [5.74, 6) is 0.798. The van der Waals surface area contributed by atoms with Gasteiger partial charge >= 0.3 is 0 Å². The molecule has 1 saturated heterocycles. The van der Waals surface area contributed by atoms with Crippen LogP contribution in [0.4, 0.5) is 5.69 Å². The number of nitrogens with zero attached hydrogens (tertiary/aromatic N) is 1. The van der Waals surface area contributed by atoms with E-state index in [1.165, 1.54) is 0 Å². The highest BCUT2D eigenvalue weighted by atomic mass is 32.2. The van der Waals surface area contributed by atoms with Gasteiger partial charge in [0.1, 0.15) is 11.4 Å². The molecular formula is C22H26N2O4S. The molecule has 1 amide bonds. The third-order valence-corrected chi connectivity index (χ3v) is 6.94. The van der Waals surface area contributed by atoms with Gasteiger partial charge in [-0.05, 0) is 63.1 Å². The fourth-order valence-corrected chi connectivity index (χ4v) is 5.26. The number of aryl methyl sites for hydroxylation is 1. The molecule has 0 aromatic heterocycles. The van der Waals surface area contributed by atoms with Crippen LogP contribution >= 0.6 is 0 Å². The van der Waals surface area contributed by atoms with Crippen LogP contribution in [0.25, 0.3) is 0 Å². The van der Waals surface area contributed by atoms with E-state index in [1.807, 2.05) is 39.0 Å². The average Bonchev–Trinajstić information content (AvgIpc) is 3.06. The van der Waals surface area contributed by atoms with Crippen LogP contribution in [0.1, 0.15) is 50.3 Å². The second-order valence-electron chi connectivity index (χ2n) is 8.42. The first-order chi connectivity index (χ1) is 13.6. The zero-order chi connectivity index (χ0) is 20.8. The molecule has 2 aromatic rings. The highest BCUT2D eigenvalue weighted by Crippen LogP contribution is 2.40. The third-order valence-electron chi connectivity index (χ3n) is 5.46. The largest absolute Gasteiger partial charge is 0.487 e. The average molecular weight is 415 g/mol. The Labute approximate surface area is 171 Å². The SMILES string of the molecule is Cc1ccc2c(c1)OC(C)(C)C[C@H]2NS(=O)(=O)c1ccc(N2CCCC2=O)cc1. The van der Waals surface area contributed by atoms with Crippen molar-refractivity contribution in [1.29, 1.82) is 0 Å². The van der Waals surface area contributed by atoms with E-state index >= 15 is 0 Å². The highest BCUT2D eigenvalue weighted by Gasteiger charge is 2.36. The van der Waals surface area contributed by atoms with Gasteiger partial charge in [-0.2, -0.15) is 0 Å². The summed E-state index contributed by atoms with van der Waals surface area (Å²) >= 11 is 0. The molecule has 2 heterocycles. The maximum Gasteiger partial charge on any atom is 0.241 e. The Balaban J connectivity index is 1.59. The molecule has 29 heavy (non-hydrogen) atoms. The molecule has 1 fully saturated rings. The predicted octanol–water partition coefficient (Wildman–Crippen LogP) is 3.70. The van der Waals surface area contributed by atoms with Gasteiger partial charge in [0.2, 0.25) is 15.9 Å². The van der Waals surface area contributed by atoms with E-state index in [-0.39, 0.29) is 16.8 Å². The molecule has 4 rings (SSSR count). The number of sulfonamides is 1. The molecule has 1 atom stereocenters. The topological polar surface area (TPSA) is 75.7 Å². The summed E-state index contributed by atoms with van der Waals surface area (Å²) in [5, 5.41) is 0. The monoisotopic (exact) mass is 414 g/mol. The summed E-state index contributed by atoms with van der Waals surface area (Å²) in [6.45, 7) is 6.58. The first kappa shape index (κ1) is 19.9. The Morgan fingerprint density at radius 1 is 1.14 bits per heavy atom. The molecule has 154 valence electrons. The lowest BCUT2D eigenvalue weighted by Gasteiger charge is -2.38. The number of nitrogens with one attached hydrogen (secondary N) is 1. The van der Waals surface area contributed by atoms with Crippen LogP contribution < -0.4 is 14.4 Å². The number of carbonyl (C=O) groups is 1. The molecule has 7 heteroatoms. The van der Waals surface area contributed by atoms with Crippen LogP contribution in [-0.2, 0) is 14.8 Å². The van der Waals surface area contributed by atoms with Crippen molar-refractivity contribution in [2.24, 2.45) is 0 Å². The second kappa shape index (κ2) is 7.15. The standard InChI is InChI=1S/C22H26N2O4S/c1-15-6-11-18-19(14-22(2,3)28-20(18)13-15)23-29(26,27)17-9-7-16(8-10-17)24-12-4-5-21(24)25/h6-11,13,19,23H,4-5,12,14H2,1-3H3/t19-/m1/s1. The zero-order valence-electron chi connectivity index (χ0n) is 16.9. The molecule has 1 N–H and O–H groups in total. The number of fused-ring (bicyclic) bond motifs is 1. The molecule has 0 bridgehead atoms. The van der Waals surface area contributed by atoms with E-state index in [4.69, 9.17) is 4.74 Å². The molecule has 0 unspecified atom stereocenters. The molecule has 2 aliphatic rings. The predicted molar refractivity (Wildman–Crippen MR) is 112 cm³/mol. The maximum absolute atomic E-state index is 13.1. The van der Waals surface area contributed by atoms with Gasteiger partial charge < -0.3 is 9.64 Å². The van der Waals surface area contributed by atoms with Gasteiger partial charge in [0.05, 0.1) is 10.9 Å². The van der Waals surface area contributed by atoms with Crippen LogP contribution in [0.5, 0.6) is 5.75 Å². The van der Waals surface area contributed by atoms with Gasteiger partial charge in [-0.15, -0.1) is 0 Å². The molecule has 0 saturated carbocycles. The van der Waals surface area contributed by atoms with Crippen molar-refractivity contribution in [3.8, 4) is 5.75 Å². The molecular weight excluding hydrogens is 388 g/mol. The molecule has 0 radical (unpaired) electrons. The number of amides is 1. The number of benzene rings is 2. The minimum atomic E-state index is -3.73. The highest BCUT2D eigenvalue weighted by molar-refractivity contribution is 7.89. The van der Waals surface area contributed by atoms with Crippen molar-refractivity contribution in [3.63, 3.8) is 0 Å². The van der Waals surface area contributed by atoms with Gasteiger partial charge in [0.25, 0.3) is 0 Å². The second-order valence-corrected chi connectivity index (χ2v) is 10.1. The van der Waals surface area contributed by atoms with E-state index in [1.54, 1.807) is 29.2 Å². The van der Waals surface area contributed by atoms with Crippen LogP contribution in [-0.4, -0.2) is 26.5 Å². The van der Waals surface area contributed by atoms with Gasteiger partial charge in [0.15, 0.2) is 0 Å². The third kappa shape index (κ3) is 4.02. The van der Waals surface area contributed by atoms with Gasteiger partial charge in [0, 0.05) is 30.6 Å². The Kier molecular flexibility index (Phi) is 4.91. The smallest absolute Gasteiger partial charge is 0.241 e. The molecule has 2 aliphatic heterocycles. The zero-order valence-corrected chi connectivity index (χ0v) is 17.8. The Morgan fingerprint density at radius 3 is 2.52 bits per heavy atom. The van der Waals surface area contributed by atoms with Crippen molar-refractivity contribution in [3.05, 3.63) is 53.6 Å². The number of rotatable bonds is 4. The minimum absolute atomic E-state index is 0.0788. The lowest BCUT2D eigenvalue weighted by Crippen LogP contribution is -2.41. The van der Waals surface area contributed by atoms with Crippen molar-refractivity contribution < 1.29 is 17.9 Å². The Morgan fingerprint density at radius 2 is 1.86 bits per heavy atom. The molecule has 0 aliphatic carbocycles. The van der Waals surface area contributed by atoms with Crippen LogP contribution in [0.15, 0.2) is 47.4 Å². The summed E-state index contributed by atoms with van der Waals surface area (Å²) in [7, 11) is -3.73. The number of ether oxygens (including phenoxy) is 1. The summed E-state index contributed by atoms with van der Waals surface area (Å²) in [6.07, 6.45) is 1.90. The first-order valence-corrected chi connectivity index (χ1v) is 11.4. The van der Waals surface area contributed by atoms with Crippen molar-refractivity contribution in [2.75, 3.05) is 11.4 Å². The number of hydrogen-bond acceptors (Lipinski definition) is 4. The van der Waals surface area contributed by atoms with Crippen molar-refractivity contribution in [1.82, 2.24) is 4.72 Å². The summed E-state index contributed by atoms with van der Waals surface area (Å²) in [4.78, 5) is 13.8. The first-order valence-electron chi connectivity index (χ1n) is 9.87. The Hall–Kier alpha value is -2.38. The fourth-order valence-electron chi connectivity index (χ4n) is 4.05. The normalized spacial score (nSPS) is 21.0. The molecule has 0 spiro atoms. The lowest BCUT2D eigenvalue weighted by atomic mass is 9.90. The van der Waals surface area contributed by atoms with Gasteiger partial charge in [-0.25, -0.2) is 13.1 Å². The van der Waals surface area contributed by atoms with E-state index in [0.717, 1.165) is 29.0 Å². The van der Waals surface area contributed by atoms with Crippen LogP contribution in [0.3, 0.4) is 0 Å². The summed E-state index contributed by atoms with van der Waals surface area (Å²) < 4.78 is 35.0. The van der Waals surface area contributed by atoms with Gasteiger partial charge in [-0.1, -0.05) is 12.1 Å². The molecule has 6 nitrogen and oxygen atoms in total. The summed E-state index contributed by atoms with van der Waals surface area (Å²) in [5.41, 5.74) is 2.17. The van der Waals surface area contributed by atoms with Crippen molar-refractivity contribution in [2.45, 2.75) is 56.6 Å². The molecule has 2 aromatic carbocycles. The van der Waals surface area contributed by atoms with E-state index in [2.05, 4.69) is 4.72 Å². The van der Waals surface area contributed by atoms with E-state index < -0.39 is 15.6 Å². The van der Waals surface area contributed by atoms with Crippen LogP contribution in [0.2, 0.25) is 0 Å². The van der Waals surface area contributed by atoms with Gasteiger partial charge in [-0.3, -0.25) is 4.79 Å². The van der Waals surface area contributed by atoms with E-state index in [9.17, 15) is 13.2 Å². The van der Waals surface area contributed by atoms with Crippen LogP contribution in [0, 0.1) is 6.92 Å². The number of hydrogen-bond donors (Lipinski definition) is 1. The summed E-state index contributed by atoms with van der Waals surface area (Å²) in [6, 6.07) is 12.0. The Bertz CT molecular complexity index is 1040. The lowest BCUT2D eigenvalue weighted by molar-refractivity contribution is -0.117. The quantitative estimate of drug-likeness (QED) is 0.828. The number of carbonyl (C=O) groups excluding carboxylic acids is 1. The fraction of sp³-hybridized carbons (Fsp3) is 0.409.